The van der Waals surface area contributed by atoms with E-state index in [2.05, 4.69) is 29.1 Å². The van der Waals surface area contributed by atoms with E-state index in [4.69, 9.17) is 13.7 Å². The van der Waals surface area contributed by atoms with E-state index in [0.29, 0.717) is 25.5 Å². The van der Waals surface area contributed by atoms with Crippen molar-refractivity contribution in [3.05, 3.63) is 59.5 Å². The van der Waals surface area contributed by atoms with Crippen LogP contribution in [0.2, 0.25) is 0 Å². The highest BCUT2D eigenvalue weighted by atomic mass is 16.5. The molecule has 5 rings (SSSR count). The van der Waals surface area contributed by atoms with Crippen LogP contribution in [0.1, 0.15) is 34.5 Å². The van der Waals surface area contributed by atoms with Gasteiger partial charge in [0, 0.05) is 24.7 Å². The normalized spacial score (nSPS) is 16.6. The molecule has 3 heterocycles. The smallest absolute Gasteiger partial charge is 0.290 e. The molecule has 1 amide bonds. The second-order valence-corrected chi connectivity index (χ2v) is 7.93. The van der Waals surface area contributed by atoms with Gasteiger partial charge in [0.15, 0.2) is 5.76 Å². The average molecular weight is 407 g/mol. The summed E-state index contributed by atoms with van der Waals surface area (Å²) in [6.45, 7) is 5.28. The maximum absolute atomic E-state index is 13.2. The Kier molecular flexibility index (Phi) is 5.04. The van der Waals surface area contributed by atoms with Crippen LogP contribution in [0.5, 0.6) is 0 Å². The number of anilines is 1. The molecule has 1 aliphatic heterocycles. The summed E-state index contributed by atoms with van der Waals surface area (Å²) in [4.78, 5) is 17.2. The van der Waals surface area contributed by atoms with Crippen molar-refractivity contribution in [1.82, 2.24) is 10.1 Å². The number of nitrogens with zero attached hydrogens (tertiary/aromatic N) is 3. The Bertz CT molecular complexity index is 1020. The Labute approximate surface area is 175 Å². The zero-order valence-corrected chi connectivity index (χ0v) is 17.0. The first-order chi connectivity index (χ1) is 14.7. The summed E-state index contributed by atoms with van der Waals surface area (Å²) in [6.07, 6.45) is 3.55. The number of benzene rings is 1. The van der Waals surface area contributed by atoms with Gasteiger partial charge in [-0.25, -0.2) is 0 Å². The third-order valence-corrected chi connectivity index (χ3v) is 5.67. The van der Waals surface area contributed by atoms with Crippen LogP contribution in [0.4, 0.5) is 5.88 Å². The van der Waals surface area contributed by atoms with Gasteiger partial charge in [0.25, 0.3) is 5.91 Å². The van der Waals surface area contributed by atoms with Gasteiger partial charge in [0.2, 0.25) is 5.88 Å². The standard InChI is InChI=1S/C23H25N3O4/c1-16-4-2-5-17(14-16)21-19(23(30-24-21)25-9-12-28-13-10-25)15-26(18-7-8-18)22(27)20-6-3-11-29-20/h2-6,11,14,18H,7-10,12-13,15H2,1H3. The maximum Gasteiger partial charge on any atom is 0.290 e. The van der Waals surface area contributed by atoms with Gasteiger partial charge in [-0.05, 0) is 38.0 Å². The van der Waals surface area contributed by atoms with E-state index in [1.165, 1.54) is 6.26 Å². The van der Waals surface area contributed by atoms with E-state index in [9.17, 15) is 4.79 Å². The van der Waals surface area contributed by atoms with E-state index < -0.39 is 0 Å². The van der Waals surface area contributed by atoms with Gasteiger partial charge in [0.05, 0.1) is 31.6 Å². The van der Waals surface area contributed by atoms with Crippen molar-refractivity contribution in [2.45, 2.75) is 32.4 Å². The molecule has 0 N–H and O–H groups in total. The first kappa shape index (κ1) is 18.9. The van der Waals surface area contributed by atoms with Gasteiger partial charge in [-0.15, -0.1) is 0 Å². The van der Waals surface area contributed by atoms with Crippen LogP contribution in [0.15, 0.2) is 51.6 Å². The quantitative estimate of drug-likeness (QED) is 0.617. The summed E-state index contributed by atoms with van der Waals surface area (Å²) >= 11 is 0. The summed E-state index contributed by atoms with van der Waals surface area (Å²) in [6, 6.07) is 11.9. The van der Waals surface area contributed by atoms with E-state index >= 15 is 0 Å². The monoisotopic (exact) mass is 407 g/mol. The molecule has 0 spiro atoms. The van der Waals surface area contributed by atoms with Crippen LogP contribution in [-0.2, 0) is 11.3 Å². The summed E-state index contributed by atoms with van der Waals surface area (Å²) < 4.78 is 16.8. The first-order valence-electron chi connectivity index (χ1n) is 10.4. The molecule has 2 aliphatic rings. The van der Waals surface area contributed by atoms with Gasteiger partial charge < -0.3 is 23.5 Å². The van der Waals surface area contributed by atoms with Crippen LogP contribution < -0.4 is 4.90 Å². The largest absolute Gasteiger partial charge is 0.459 e. The number of rotatable bonds is 6. The summed E-state index contributed by atoms with van der Waals surface area (Å²) in [5, 5.41) is 4.44. The molecule has 1 aromatic carbocycles. The highest BCUT2D eigenvalue weighted by Gasteiger charge is 2.36. The molecule has 2 fully saturated rings. The lowest BCUT2D eigenvalue weighted by Crippen LogP contribution is -2.37. The first-order valence-corrected chi connectivity index (χ1v) is 10.4. The summed E-state index contributed by atoms with van der Waals surface area (Å²) in [5.74, 6) is 1.00. The molecule has 2 aromatic heterocycles. The number of aromatic nitrogens is 1. The second kappa shape index (κ2) is 7.99. The van der Waals surface area contributed by atoms with E-state index in [1.54, 1.807) is 12.1 Å². The predicted octanol–water partition coefficient (Wildman–Crippen LogP) is 3.88. The molecule has 0 unspecified atom stereocenters. The Morgan fingerprint density at radius 3 is 2.73 bits per heavy atom. The van der Waals surface area contributed by atoms with E-state index in [-0.39, 0.29) is 11.9 Å². The van der Waals surface area contributed by atoms with Gasteiger partial charge >= 0.3 is 0 Å². The highest BCUT2D eigenvalue weighted by molar-refractivity contribution is 5.92. The molecule has 7 nitrogen and oxygen atoms in total. The Balaban J connectivity index is 1.54. The molecule has 1 saturated carbocycles. The third kappa shape index (κ3) is 3.73. The van der Waals surface area contributed by atoms with Crippen molar-refractivity contribution in [3.8, 4) is 11.3 Å². The minimum absolute atomic E-state index is 0.0909. The number of furan rings is 1. The second-order valence-electron chi connectivity index (χ2n) is 7.93. The van der Waals surface area contributed by atoms with Crippen molar-refractivity contribution in [3.63, 3.8) is 0 Å². The van der Waals surface area contributed by atoms with Crippen LogP contribution in [0.3, 0.4) is 0 Å². The maximum atomic E-state index is 13.2. The molecular formula is C23H25N3O4. The molecular weight excluding hydrogens is 382 g/mol. The van der Waals surface area contributed by atoms with Gasteiger partial charge in [-0.2, -0.15) is 0 Å². The van der Waals surface area contributed by atoms with Crippen molar-refractivity contribution in [1.29, 1.82) is 0 Å². The molecule has 3 aromatic rings. The predicted molar refractivity (Wildman–Crippen MR) is 111 cm³/mol. The SMILES string of the molecule is Cc1cccc(-c2noc(N3CCOCC3)c2CN(C(=O)c2ccco2)C2CC2)c1. The van der Waals surface area contributed by atoms with Crippen LogP contribution in [0, 0.1) is 6.92 Å². The molecule has 30 heavy (non-hydrogen) atoms. The highest BCUT2D eigenvalue weighted by Crippen LogP contribution is 2.37. The average Bonchev–Trinajstić information content (AvgIpc) is 3.29. The minimum Gasteiger partial charge on any atom is -0.459 e. The number of morpholine rings is 1. The Hall–Kier alpha value is -3.06. The number of carbonyl (C=O) groups excluding carboxylic acids is 1. The third-order valence-electron chi connectivity index (χ3n) is 5.67. The number of carbonyl (C=O) groups is 1. The molecule has 0 atom stereocenters. The van der Waals surface area contributed by atoms with Crippen molar-refractivity contribution in [2.75, 3.05) is 31.2 Å². The fraction of sp³-hybridized carbons (Fsp3) is 0.391. The van der Waals surface area contributed by atoms with Crippen LogP contribution in [-0.4, -0.2) is 48.3 Å². The lowest BCUT2D eigenvalue weighted by atomic mass is 10.0. The molecule has 1 aliphatic carbocycles. The lowest BCUT2D eigenvalue weighted by Gasteiger charge is -2.28. The molecule has 0 bridgehead atoms. The zero-order valence-electron chi connectivity index (χ0n) is 17.0. The van der Waals surface area contributed by atoms with E-state index in [0.717, 1.165) is 54.2 Å². The van der Waals surface area contributed by atoms with Gasteiger partial charge in [-0.1, -0.05) is 28.9 Å². The molecule has 1 saturated heterocycles. The van der Waals surface area contributed by atoms with E-state index in [1.807, 2.05) is 17.0 Å². The number of hydrogen-bond donors (Lipinski definition) is 0. The number of amides is 1. The summed E-state index contributed by atoms with van der Waals surface area (Å²) in [7, 11) is 0. The van der Waals surface area contributed by atoms with Crippen LogP contribution >= 0.6 is 0 Å². The molecule has 156 valence electrons. The lowest BCUT2D eigenvalue weighted by molar-refractivity contribution is 0.0697. The molecule has 7 heteroatoms. The van der Waals surface area contributed by atoms with Crippen molar-refractivity contribution in [2.24, 2.45) is 0 Å². The fourth-order valence-electron chi connectivity index (χ4n) is 3.94. The fourth-order valence-corrected chi connectivity index (χ4v) is 3.94. The van der Waals surface area contributed by atoms with Crippen molar-refractivity contribution < 1.29 is 18.5 Å². The topological polar surface area (TPSA) is 72.0 Å². The van der Waals surface area contributed by atoms with Gasteiger partial charge in [0.1, 0.15) is 5.69 Å². The Morgan fingerprint density at radius 2 is 2.03 bits per heavy atom. The van der Waals surface area contributed by atoms with Crippen molar-refractivity contribution >= 4 is 11.8 Å². The zero-order chi connectivity index (χ0) is 20.5. The van der Waals surface area contributed by atoms with Gasteiger partial charge in [-0.3, -0.25) is 4.79 Å². The minimum atomic E-state index is -0.0909. The number of ether oxygens (including phenoxy) is 1. The Morgan fingerprint density at radius 1 is 1.20 bits per heavy atom. The molecule has 0 radical (unpaired) electrons. The van der Waals surface area contributed by atoms with Crippen LogP contribution in [0.25, 0.3) is 11.3 Å². The number of aryl methyl sites for hydroxylation is 1. The summed E-state index contributed by atoms with van der Waals surface area (Å²) in [5.41, 5.74) is 3.88. The number of hydrogen-bond acceptors (Lipinski definition) is 6.